The van der Waals surface area contributed by atoms with Crippen LogP contribution in [0.2, 0.25) is 5.02 Å². The predicted molar refractivity (Wildman–Crippen MR) is 94.4 cm³/mol. The van der Waals surface area contributed by atoms with Crippen LogP contribution < -0.4 is 14.8 Å². The number of halogens is 3. The fourth-order valence-corrected chi connectivity index (χ4v) is 3.70. The van der Waals surface area contributed by atoms with E-state index in [9.17, 15) is 13.6 Å². The number of benzene rings is 2. The molecule has 0 radical (unpaired) electrons. The average molecular weight is 384 g/mol. The van der Waals surface area contributed by atoms with Crippen LogP contribution in [0.15, 0.2) is 42.5 Å². The molecule has 1 amide bonds. The summed E-state index contributed by atoms with van der Waals surface area (Å²) >= 11 is 7.53. The molecule has 0 atom stereocenters. The van der Waals surface area contributed by atoms with Gasteiger partial charge in [0.25, 0.3) is 5.91 Å². The minimum atomic E-state index is -3.00. The van der Waals surface area contributed by atoms with Crippen molar-refractivity contribution in [1.29, 1.82) is 0 Å². The van der Waals surface area contributed by atoms with E-state index in [1.807, 2.05) is 24.3 Å². The van der Waals surface area contributed by atoms with E-state index in [1.54, 1.807) is 0 Å². The van der Waals surface area contributed by atoms with Crippen molar-refractivity contribution >= 4 is 44.6 Å². The van der Waals surface area contributed by atoms with Crippen LogP contribution in [0.1, 0.15) is 9.67 Å². The zero-order valence-electron chi connectivity index (χ0n) is 12.9. The van der Waals surface area contributed by atoms with Crippen LogP contribution in [0.25, 0.3) is 10.1 Å². The van der Waals surface area contributed by atoms with Crippen LogP contribution in [0, 0.1) is 0 Å². The second-order valence-electron chi connectivity index (χ2n) is 4.94. The van der Waals surface area contributed by atoms with Crippen molar-refractivity contribution < 1.29 is 23.0 Å². The van der Waals surface area contributed by atoms with Crippen molar-refractivity contribution in [3.05, 3.63) is 52.4 Å². The Morgan fingerprint density at radius 3 is 2.64 bits per heavy atom. The van der Waals surface area contributed by atoms with Crippen molar-refractivity contribution in [3.8, 4) is 11.5 Å². The zero-order chi connectivity index (χ0) is 18.0. The Labute approximate surface area is 150 Å². The fourth-order valence-electron chi connectivity index (χ4n) is 2.29. The van der Waals surface area contributed by atoms with Crippen LogP contribution in [0.4, 0.5) is 14.5 Å². The Hall–Kier alpha value is -2.38. The Morgan fingerprint density at radius 1 is 1.20 bits per heavy atom. The third-order valence-corrected chi connectivity index (χ3v) is 5.05. The van der Waals surface area contributed by atoms with Crippen LogP contribution in [-0.4, -0.2) is 19.6 Å². The first-order valence-electron chi connectivity index (χ1n) is 7.11. The number of amides is 1. The molecule has 2 aromatic carbocycles. The molecule has 3 aromatic rings. The van der Waals surface area contributed by atoms with Crippen molar-refractivity contribution in [3.63, 3.8) is 0 Å². The van der Waals surface area contributed by atoms with Crippen LogP contribution in [-0.2, 0) is 0 Å². The van der Waals surface area contributed by atoms with Gasteiger partial charge in [-0.05, 0) is 18.2 Å². The number of rotatable bonds is 5. The van der Waals surface area contributed by atoms with Crippen molar-refractivity contribution in [1.82, 2.24) is 0 Å². The number of thiophene rings is 1. The van der Waals surface area contributed by atoms with Gasteiger partial charge < -0.3 is 14.8 Å². The number of ether oxygens (including phenoxy) is 2. The molecule has 25 heavy (non-hydrogen) atoms. The van der Waals surface area contributed by atoms with Gasteiger partial charge in [-0.2, -0.15) is 8.78 Å². The quantitative estimate of drug-likeness (QED) is 0.640. The molecule has 130 valence electrons. The van der Waals surface area contributed by atoms with E-state index < -0.39 is 12.5 Å². The number of carbonyl (C=O) groups is 1. The van der Waals surface area contributed by atoms with E-state index in [0.29, 0.717) is 9.90 Å². The van der Waals surface area contributed by atoms with E-state index in [-0.39, 0.29) is 17.2 Å². The number of anilines is 1. The molecule has 0 fully saturated rings. The number of alkyl halides is 2. The number of nitrogens with one attached hydrogen (secondary N) is 1. The highest BCUT2D eigenvalue weighted by atomic mass is 35.5. The predicted octanol–water partition coefficient (Wildman–Crippen LogP) is 5.42. The molecule has 3 rings (SSSR count). The molecular formula is C17H12ClF2NO3S. The number of carbonyl (C=O) groups excluding carboxylic acids is 1. The zero-order valence-corrected chi connectivity index (χ0v) is 14.5. The molecular weight excluding hydrogens is 372 g/mol. The van der Waals surface area contributed by atoms with E-state index in [2.05, 4.69) is 10.1 Å². The summed E-state index contributed by atoms with van der Waals surface area (Å²) in [5.41, 5.74) is 0.287. The number of hydrogen-bond acceptors (Lipinski definition) is 4. The summed E-state index contributed by atoms with van der Waals surface area (Å²) in [6.07, 6.45) is 0. The highest BCUT2D eigenvalue weighted by molar-refractivity contribution is 7.21. The molecule has 8 heteroatoms. The summed E-state index contributed by atoms with van der Waals surface area (Å²) in [5.74, 6) is -0.463. The van der Waals surface area contributed by atoms with E-state index >= 15 is 0 Å². The molecule has 0 aliphatic carbocycles. The topological polar surface area (TPSA) is 47.6 Å². The number of fused-ring (bicyclic) bond motifs is 1. The highest BCUT2D eigenvalue weighted by Gasteiger charge is 2.18. The SMILES string of the molecule is COc1ccc(NC(=O)c2sc3ccccc3c2Cl)cc1OC(F)F. The van der Waals surface area contributed by atoms with Gasteiger partial charge in [-0.1, -0.05) is 29.8 Å². The van der Waals surface area contributed by atoms with E-state index in [4.69, 9.17) is 16.3 Å². The van der Waals surface area contributed by atoms with Gasteiger partial charge in [0.05, 0.1) is 12.1 Å². The maximum Gasteiger partial charge on any atom is 0.387 e. The highest BCUT2D eigenvalue weighted by Crippen LogP contribution is 2.36. The van der Waals surface area contributed by atoms with Crippen LogP contribution in [0.5, 0.6) is 11.5 Å². The van der Waals surface area contributed by atoms with Gasteiger partial charge in [-0.15, -0.1) is 11.3 Å². The lowest BCUT2D eigenvalue weighted by Crippen LogP contribution is -2.11. The van der Waals surface area contributed by atoms with Gasteiger partial charge in [0.15, 0.2) is 11.5 Å². The molecule has 0 unspecified atom stereocenters. The van der Waals surface area contributed by atoms with Gasteiger partial charge in [0, 0.05) is 21.8 Å². The normalized spacial score (nSPS) is 10.9. The largest absolute Gasteiger partial charge is 0.493 e. The summed E-state index contributed by atoms with van der Waals surface area (Å²) in [7, 11) is 1.34. The second kappa shape index (κ2) is 7.25. The molecule has 0 bridgehead atoms. The molecule has 0 aliphatic rings. The summed E-state index contributed by atoms with van der Waals surface area (Å²) < 4.78 is 35.2. The average Bonchev–Trinajstić information content (AvgIpc) is 2.92. The first-order chi connectivity index (χ1) is 12.0. The lowest BCUT2D eigenvalue weighted by atomic mass is 10.2. The lowest BCUT2D eigenvalue weighted by Gasteiger charge is -2.12. The summed E-state index contributed by atoms with van der Waals surface area (Å²) in [6.45, 7) is -3.00. The van der Waals surface area contributed by atoms with Gasteiger partial charge >= 0.3 is 6.61 Å². The molecule has 0 saturated carbocycles. The molecule has 1 heterocycles. The maximum absolute atomic E-state index is 12.5. The Morgan fingerprint density at radius 2 is 1.96 bits per heavy atom. The standard InChI is InChI=1S/C17H12ClF2NO3S/c1-23-11-7-6-9(8-12(11)24-17(19)20)21-16(22)15-14(18)10-4-2-3-5-13(10)25-15/h2-8,17H,1H3,(H,21,22). The van der Waals surface area contributed by atoms with E-state index in [0.717, 1.165) is 10.1 Å². The number of methoxy groups -OCH3 is 1. The van der Waals surface area contributed by atoms with Crippen LogP contribution in [0.3, 0.4) is 0 Å². The van der Waals surface area contributed by atoms with Crippen LogP contribution >= 0.6 is 22.9 Å². The van der Waals surface area contributed by atoms with Gasteiger partial charge in [-0.25, -0.2) is 0 Å². The molecule has 4 nitrogen and oxygen atoms in total. The summed E-state index contributed by atoms with van der Waals surface area (Å²) in [5, 5.41) is 3.78. The number of hydrogen-bond donors (Lipinski definition) is 1. The molecule has 1 N–H and O–H groups in total. The third-order valence-electron chi connectivity index (χ3n) is 3.38. The lowest BCUT2D eigenvalue weighted by molar-refractivity contribution is -0.0511. The third kappa shape index (κ3) is 3.67. The minimum absolute atomic E-state index is 0.137. The van der Waals surface area contributed by atoms with Gasteiger partial charge in [0.2, 0.25) is 0 Å². The van der Waals surface area contributed by atoms with Crippen molar-refractivity contribution in [2.24, 2.45) is 0 Å². The van der Waals surface area contributed by atoms with Crippen molar-refractivity contribution in [2.75, 3.05) is 12.4 Å². The minimum Gasteiger partial charge on any atom is -0.493 e. The molecule has 0 aliphatic heterocycles. The Balaban J connectivity index is 1.88. The molecule has 1 aromatic heterocycles. The smallest absolute Gasteiger partial charge is 0.387 e. The summed E-state index contributed by atoms with van der Waals surface area (Å²) in [4.78, 5) is 12.8. The summed E-state index contributed by atoms with van der Waals surface area (Å²) in [6, 6.07) is 11.6. The first kappa shape index (κ1) is 17.4. The molecule has 0 saturated heterocycles. The van der Waals surface area contributed by atoms with Gasteiger partial charge in [0.1, 0.15) is 4.88 Å². The maximum atomic E-state index is 12.5. The second-order valence-corrected chi connectivity index (χ2v) is 6.37. The molecule has 0 spiro atoms. The fraction of sp³-hybridized carbons (Fsp3) is 0.118. The Kier molecular flexibility index (Phi) is 5.06. The monoisotopic (exact) mass is 383 g/mol. The Bertz CT molecular complexity index is 929. The van der Waals surface area contributed by atoms with Gasteiger partial charge in [-0.3, -0.25) is 4.79 Å². The van der Waals surface area contributed by atoms with E-state index in [1.165, 1.54) is 36.6 Å². The van der Waals surface area contributed by atoms with Crippen molar-refractivity contribution in [2.45, 2.75) is 6.61 Å². The first-order valence-corrected chi connectivity index (χ1v) is 8.30.